The smallest absolute Gasteiger partial charge is 0.305 e. The fourth-order valence-electron chi connectivity index (χ4n) is 4.21. The third-order valence-corrected chi connectivity index (χ3v) is 6.16. The van der Waals surface area contributed by atoms with Gasteiger partial charge in [-0.05, 0) is 27.7 Å². The van der Waals surface area contributed by atoms with Gasteiger partial charge in [-0.15, -0.1) is 0 Å². The molecule has 186 valence electrons. The average Bonchev–Trinajstić information content (AvgIpc) is 3.04. The second-order valence-corrected chi connectivity index (χ2v) is 8.56. The highest BCUT2D eigenvalue weighted by Crippen LogP contribution is 2.57. The Hall–Kier alpha value is -4.15. The summed E-state index contributed by atoms with van der Waals surface area (Å²) in [7, 11) is 0. The average molecular weight is 486 g/mol. The number of ether oxygens (including phenoxy) is 1. The van der Waals surface area contributed by atoms with Crippen molar-refractivity contribution in [1.82, 2.24) is 10.6 Å². The van der Waals surface area contributed by atoms with Crippen molar-refractivity contribution in [3.05, 3.63) is 39.8 Å². The molecule has 0 spiro atoms. The van der Waals surface area contributed by atoms with E-state index in [1.54, 1.807) is 0 Å². The SMILES string of the molecule is CC(=O)c1c(O)c(C)c(O)c2c1OC1=CC(=O)/C(=C(/C)NCCC(=O)NCCC(=O)O)C(=O)[C@]12C. The van der Waals surface area contributed by atoms with E-state index in [4.69, 9.17) is 9.84 Å². The number of benzene rings is 1. The van der Waals surface area contributed by atoms with Gasteiger partial charge in [0, 0.05) is 36.8 Å². The standard InChI is InChI=1S/C24H26N2O9/c1-10-20(32)18(12(3)27)22-19(21(10)33)24(4)14(35-22)9-13(28)17(23(24)34)11(2)25-7-5-15(29)26-8-6-16(30)31/h9,25,32-33H,5-8H2,1-4H3,(H,26,29)(H,30,31)/b17-11+/t24-/m1/s1. The van der Waals surface area contributed by atoms with Crippen molar-refractivity contribution >= 4 is 29.2 Å². The van der Waals surface area contributed by atoms with Crippen LogP contribution in [0.2, 0.25) is 0 Å². The highest BCUT2D eigenvalue weighted by molar-refractivity contribution is 6.31. The largest absolute Gasteiger partial charge is 0.507 e. The molecular formula is C24H26N2O9. The molecule has 2 aliphatic rings. The summed E-state index contributed by atoms with van der Waals surface area (Å²) in [5.74, 6) is -4.44. The molecule has 0 aromatic heterocycles. The van der Waals surface area contributed by atoms with Crippen LogP contribution in [0.5, 0.6) is 17.2 Å². The number of carboxylic acids is 1. The van der Waals surface area contributed by atoms with E-state index < -0.39 is 46.1 Å². The number of carbonyl (C=O) groups is 5. The first kappa shape index (κ1) is 25.5. The van der Waals surface area contributed by atoms with Crippen LogP contribution in [0.1, 0.15) is 55.1 Å². The van der Waals surface area contributed by atoms with Gasteiger partial charge in [-0.2, -0.15) is 0 Å². The molecular weight excluding hydrogens is 460 g/mol. The summed E-state index contributed by atoms with van der Waals surface area (Å²) >= 11 is 0. The zero-order valence-corrected chi connectivity index (χ0v) is 19.7. The van der Waals surface area contributed by atoms with Crippen molar-refractivity contribution in [2.75, 3.05) is 13.1 Å². The van der Waals surface area contributed by atoms with Crippen LogP contribution >= 0.6 is 0 Å². The summed E-state index contributed by atoms with van der Waals surface area (Å²) in [5, 5.41) is 35.1. The summed E-state index contributed by atoms with van der Waals surface area (Å²) in [4.78, 5) is 61.0. The van der Waals surface area contributed by atoms with Gasteiger partial charge in [0.15, 0.2) is 17.3 Å². The van der Waals surface area contributed by atoms with E-state index in [-0.39, 0.29) is 65.4 Å². The van der Waals surface area contributed by atoms with Crippen molar-refractivity contribution in [3.8, 4) is 17.2 Å². The molecule has 1 heterocycles. The molecule has 1 amide bonds. The minimum Gasteiger partial charge on any atom is -0.507 e. The number of ketones is 3. The molecule has 1 aliphatic heterocycles. The van der Waals surface area contributed by atoms with Crippen LogP contribution < -0.4 is 15.4 Å². The second-order valence-electron chi connectivity index (χ2n) is 8.56. The Balaban J connectivity index is 1.92. The first-order valence-corrected chi connectivity index (χ1v) is 10.8. The van der Waals surface area contributed by atoms with Crippen LogP contribution in [0.15, 0.2) is 23.1 Å². The minimum absolute atomic E-state index is 0.000915. The van der Waals surface area contributed by atoms with Gasteiger partial charge < -0.3 is 30.7 Å². The predicted octanol–water partition coefficient (Wildman–Crippen LogP) is 1.14. The Bertz CT molecular complexity index is 1240. The van der Waals surface area contributed by atoms with Gasteiger partial charge in [0.25, 0.3) is 0 Å². The number of rotatable bonds is 8. The van der Waals surface area contributed by atoms with Crippen molar-refractivity contribution in [3.63, 3.8) is 0 Å². The number of aliphatic carboxylic acids is 1. The lowest BCUT2D eigenvalue weighted by molar-refractivity contribution is -0.137. The fourth-order valence-corrected chi connectivity index (χ4v) is 4.21. The van der Waals surface area contributed by atoms with E-state index in [9.17, 15) is 34.2 Å². The van der Waals surface area contributed by atoms with E-state index in [0.717, 1.165) is 6.08 Å². The number of phenols is 2. The van der Waals surface area contributed by atoms with E-state index in [2.05, 4.69) is 10.6 Å². The molecule has 1 aromatic rings. The lowest BCUT2D eigenvalue weighted by atomic mass is 9.70. The number of nitrogens with one attached hydrogen (secondary N) is 2. The monoisotopic (exact) mass is 486 g/mol. The minimum atomic E-state index is -1.62. The Morgan fingerprint density at radius 1 is 1.03 bits per heavy atom. The molecule has 11 heteroatoms. The van der Waals surface area contributed by atoms with Crippen LogP contribution in [0.25, 0.3) is 0 Å². The van der Waals surface area contributed by atoms with E-state index in [1.165, 1.54) is 27.7 Å². The molecule has 1 aliphatic carbocycles. The Kier molecular flexibility index (Phi) is 6.73. The molecule has 1 atom stereocenters. The number of amides is 1. The van der Waals surface area contributed by atoms with Gasteiger partial charge in [0.05, 0.1) is 17.6 Å². The maximum Gasteiger partial charge on any atom is 0.305 e. The first-order valence-electron chi connectivity index (χ1n) is 10.8. The Morgan fingerprint density at radius 3 is 2.26 bits per heavy atom. The van der Waals surface area contributed by atoms with Crippen LogP contribution in [0.3, 0.4) is 0 Å². The highest BCUT2D eigenvalue weighted by Gasteiger charge is 2.56. The van der Waals surface area contributed by atoms with Crippen molar-refractivity contribution in [2.24, 2.45) is 0 Å². The first-order chi connectivity index (χ1) is 16.3. The second kappa shape index (κ2) is 9.24. The summed E-state index contributed by atoms with van der Waals surface area (Å²) in [6.07, 6.45) is 0.867. The molecule has 0 radical (unpaired) electrons. The quantitative estimate of drug-likeness (QED) is 0.203. The Labute approximate surface area is 200 Å². The zero-order valence-electron chi connectivity index (χ0n) is 19.7. The van der Waals surface area contributed by atoms with Gasteiger partial charge in [-0.1, -0.05) is 0 Å². The molecule has 5 N–H and O–H groups in total. The molecule has 1 aromatic carbocycles. The third-order valence-electron chi connectivity index (χ3n) is 6.16. The summed E-state index contributed by atoms with van der Waals surface area (Å²) < 4.78 is 5.70. The normalized spacial score (nSPS) is 19.8. The molecule has 0 saturated heterocycles. The number of aromatic hydroxyl groups is 2. The number of hydrogen-bond acceptors (Lipinski definition) is 9. The maximum absolute atomic E-state index is 13.6. The molecule has 11 nitrogen and oxygen atoms in total. The molecule has 0 unspecified atom stereocenters. The molecule has 3 rings (SSSR count). The van der Waals surface area contributed by atoms with Crippen LogP contribution in [-0.2, 0) is 24.6 Å². The van der Waals surface area contributed by atoms with Gasteiger partial charge in [-0.25, -0.2) is 0 Å². The fraction of sp³-hybridized carbons (Fsp3) is 0.375. The van der Waals surface area contributed by atoms with Gasteiger partial charge in [0.1, 0.15) is 34.0 Å². The van der Waals surface area contributed by atoms with E-state index in [1.807, 2.05) is 0 Å². The summed E-state index contributed by atoms with van der Waals surface area (Å²) in [5.41, 5.74) is -1.83. The number of Topliss-reactive ketones (excluding diaryl/α,β-unsaturated/α-hetero) is 2. The van der Waals surface area contributed by atoms with E-state index in [0.29, 0.717) is 0 Å². The van der Waals surface area contributed by atoms with Gasteiger partial charge in [0.2, 0.25) is 5.91 Å². The van der Waals surface area contributed by atoms with Gasteiger partial charge >= 0.3 is 5.97 Å². The van der Waals surface area contributed by atoms with Crippen LogP contribution in [0.4, 0.5) is 0 Å². The number of hydrogen-bond donors (Lipinski definition) is 5. The summed E-state index contributed by atoms with van der Waals surface area (Å²) in [6.45, 7) is 5.61. The molecule has 0 bridgehead atoms. The third kappa shape index (κ3) is 4.25. The van der Waals surface area contributed by atoms with Crippen LogP contribution in [0, 0.1) is 6.92 Å². The number of carboxylic acid groups (broad SMARTS) is 1. The highest BCUT2D eigenvalue weighted by atomic mass is 16.5. The van der Waals surface area contributed by atoms with Gasteiger partial charge in [-0.3, -0.25) is 24.0 Å². The number of carbonyl (C=O) groups excluding carboxylic acids is 4. The zero-order chi connectivity index (χ0) is 26.2. The van der Waals surface area contributed by atoms with Crippen molar-refractivity contribution < 1.29 is 44.0 Å². The molecule has 0 saturated carbocycles. The lowest BCUT2D eigenvalue weighted by Gasteiger charge is -2.29. The predicted molar refractivity (Wildman–Crippen MR) is 121 cm³/mol. The number of allylic oxidation sites excluding steroid dienone is 4. The van der Waals surface area contributed by atoms with Crippen LogP contribution in [-0.4, -0.2) is 57.6 Å². The summed E-state index contributed by atoms with van der Waals surface area (Å²) in [6, 6.07) is 0. The molecule has 0 fully saturated rings. The van der Waals surface area contributed by atoms with Crippen molar-refractivity contribution in [2.45, 2.75) is 46.0 Å². The maximum atomic E-state index is 13.6. The Morgan fingerprint density at radius 2 is 1.66 bits per heavy atom. The topological polar surface area (TPSA) is 179 Å². The lowest BCUT2D eigenvalue weighted by Crippen LogP contribution is -2.41. The number of fused-ring (bicyclic) bond motifs is 3. The van der Waals surface area contributed by atoms with E-state index >= 15 is 0 Å². The molecule has 35 heavy (non-hydrogen) atoms. The number of phenolic OH excluding ortho intramolecular Hbond substituents is 2. The van der Waals surface area contributed by atoms with Crippen molar-refractivity contribution in [1.29, 1.82) is 0 Å².